The van der Waals surface area contributed by atoms with Gasteiger partial charge in [0.05, 0.1) is 12.1 Å². The van der Waals surface area contributed by atoms with Gasteiger partial charge in [-0.15, -0.1) is 0 Å². The standard InChI is InChI=1S/C11H10F8N2/c12-9(13,11(17,18)19)3-1-2-8(6-20,7-21)4-5-10(14,15)16/h1-5H2. The molecule has 0 aromatic carbocycles. The van der Waals surface area contributed by atoms with E-state index in [1.807, 2.05) is 0 Å². The summed E-state index contributed by atoms with van der Waals surface area (Å²) in [7, 11) is 0. The predicted octanol–water partition coefficient (Wildman–Crippen LogP) is 4.73. The van der Waals surface area contributed by atoms with Crippen molar-refractivity contribution in [3.8, 4) is 12.1 Å². The Hall–Kier alpha value is -1.58. The van der Waals surface area contributed by atoms with Crippen LogP contribution in [-0.4, -0.2) is 18.3 Å². The van der Waals surface area contributed by atoms with E-state index in [-0.39, 0.29) is 0 Å². The fourth-order valence-electron chi connectivity index (χ4n) is 1.48. The van der Waals surface area contributed by atoms with Gasteiger partial charge in [-0.3, -0.25) is 0 Å². The Morgan fingerprint density at radius 3 is 1.48 bits per heavy atom. The smallest absolute Gasteiger partial charge is 0.197 e. The number of hydrogen-bond donors (Lipinski definition) is 0. The second-order valence-electron chi connectivity index (χ2n) is 4.48. The SMILES string of the molecule is N#CC(C#N)(CCCC(F)(F)C(F)(F)F)CCC(F)(F)F. The summed E-state index contributed by atoms with van der Waals surface area (Å²) in [6.07, 6.45) is -16.3. The van der Waals surface area contributed by atoms with E-state index in [0.29, 0.717) is 0 Å². The first kappa shape index (κ1) is 19.4. The molecule has 0 spiro atoms. The van der Waals surface area contributed by atoms with Crippen LogP contribution in [-0.2, 0) is 0 Å². The van der Waals surface area contributed by atoms with Crippen molar-refractivity contribution in [2.45, 2.75) is 50.4 Å². The summed E-state index contributed by atoms with van der Waals surface area (Å²) < 4.78 is 97.0. The third-order valence-corrected chi connectivity index (χ3v) is 2.77. The van der Waals surface area contributed by atoms with Gasteiger partial charge in [0.2, 0.25) is 0 Å². The molecule has 2 nitrogen and oxygen atoms in total. The molecule has 10 heteroatoms. The topological polar surface area (TPSA) is 47.6 Å². The summed E-state index contributed by atoms with van der Waals surface area (Å²) in [4.78, 5) is 0. The highest BCUT2D eigenvalue weighted by Gasteiger charge is 2.56. The molecule has 0 rings (SSSR count). The van der Waals surface area contributed by atoms with Crippen LogP contribution < -0.4 is 0 Å². The van der Waals surface area contributed by atoms with Crippen LogP contribution in [0.5, 0.6) is 0 Å². The van der Waals surface area contributed by atoms with E-state index in [1.165, 1.54) is 12.1 Å². The molecule has 120 valence electrons. The molecule has 0 heterocycles. The molecule has 0 amide bonds. The minimum absolute atomic E-state index is 0.790. The van der Waals surface area contributed by atoms with Gasteiger partial charge in [-0.25, -0.2) is 0 Å². The molecule has 0 aliphatic carbocycles. The van der Waals surface area contributed by atoms with Crippen molar-refractivity contribution in [1.82, 2.24) is 0 Å². The van der Waals surface area contributed by atoms with Crippen LogP contribution in [0.15, 0.2) is 0 Å². The fourth-order valence-corrected chi connectivity index (χ4v) is 1.48. The Bertz CT molecular complexity index is 409. The summed E-state index contributed by atoms with van der Waals surface area (Å²) in [6.45, 7) is 0. The van der Waals surface area contributed by atoms with E-state index in [2.05, 4.69) is 0 Å². The first-order chi connectivity index (χ1) is 9.29. The molecular weight excluding hydrogens is 312 g/mol. The van der Waals surface area contributed by atoms with E-state index < -0.39 is 55.8 Å². The fraction of sp³-hybridized carbons (Fsp3) is 0.818. The van der Waals surface area contributed by atoms with Crippen LogP contribution in [0.2, 0.25) is 0 Å². The number of alkyl halides is 8. The van der Waals surface area contributed by atoms with Crippen molar-refractivity contribution in [2.24, 2.45) is 5.41 Å². The molecule has 0 aliphatic heterocycles. The molecule has 0 bridgehead atoms. The number of nitrogens with zero attached hydrogens (tertiary/aromatic N) is 2. The number of nitriles is 2. The average molecular weight is 322 g/mol. The van der Waals surface area contributed by atoms with E-state index in [0.717, 1.165) is 0 Å². The summed E-state index contributed by atoms with van der Waals surface area (Å²) in [5.41, 5.74) is -2.23. The molecule has 0 aromatic rings. The third kappa shape index (κ3) is 6.15. The minimum atomic E-state index is -5.78. The number of hydrogen-bond acceptors (Lipinski definition) is 2. The Morgan fingerprint density at radius 2 is 1.14 bits per heavy atom. The lowest BCUT2D eigenvalue weighted by atomic mass is 9.81. The Morgan fingerprint density at radius 1 is 0.667 bits per heavy atom. The van der Waals surface area contributed by atoms with Crippen LogP contribution in [0.1, 0.15) is 32.1 Å². The highest BCUT2D eigenvalue weighted by atomic mass is 19.4. The maximum absolute atomic E-state index is 12.6. The highest BCUT2D eigenvalue weighted by Crippen LogP contribution is 2.41. The van der Waals surface area contributed by atoms with Crippen LogP contribution in [0.4, 0.5) is 35.1 Å². The zero-order valence-electron chi connectivity index (χ0n) is 10.5. The quantitative estimate of drug-likeness (QED) is 0.664. The maximum atomic E-state index is 12.6. The normalized spacial score (nSPS) is 13.6. The molecule has 0 saturated heterocycles. The molecule has 0 fully saturated rings. The summed E-state index contributed by atoms with van der Waals surface area (Å²) in [5.74, 6) is -5.01. The van der Waals surface area contributed by atoms with E-state index in [4.69, 9.17) is 10.5 Å². The van der Waals surface area contributed by atoms with Crippen LogP contribution >= 0.6 is 0 Å². The van der Waals surface area contributed by atoms with Gasteiger partial charge in [-0.2, -0.15) is 45.6 Å². The molecule has 0 atom stereocenters. The van der Waals surface area contributed by atoms with Crippen molar-refractivity contribution in [3.05, 3.63) is 0 Å². The number of halogens is 8. The summed E-state index contributed by atoms with van der Waals surface area (Å²) >= 11 is 0. The lowest BCUT2D eigenvalue weighted by Gasteiger charge is -2.22. The number of rotatable bonds is 6. The van der Waals surface area contributed by atoms with Crippen LogP contribution in [0.25, 0.3) is 0 Å². The molecule has 0 N–H and O–H groups in total. The Kier molecular flexibility index (Phi) is 5.97. The molecule has 0 unspecified atom stereocenters. The lowest BCUT2D eigenvalue weighted by Crippen LogP contribution is -2.36. The van der Waals surface area contributed by atoms with Crippen molar-refractivity contribution in [2.75, 3.05) is 0 Å². The van der Waals surface area contributed by atoms with Gasteiger partial charge in [0.25, 0.3) is 0 Å². The van der Waals surface area contributed by atoms with Crippen molar-refractivity contribution in [1.29, 1.82) is 10.5 Å². The van der Waals surface area contributed by atoms with E-state index >= 15 is 0 Å². The van der Waals surface area contributed by atoms with Crippen LogP contribution in [0.3, 0.4) is 0 Å². The second kappa shape index (κ2) is 6.46. The van der Waals surface area contributed by atoms with Crippen molar-refractivity contribution in [3.63, 3.8) is 0 Å². The molecule has 21 heavy (non-hydrogen) atoms. The minimum Gasteiger partial charge on any atom is -0.197 e. The third-order valence-electron chi connectivity index (χ3n) is 2.77. The summed E-state index contributed by atoms with van der Waals surface area (Å²) in [5, 5.41) is 17.4. The van der Waals surface area contributed by atoms with Crippen LogP contribution in [0, 0.1) is 28.1 Å². The van der Waals surface area contributed by atoms with Gasteiger partial charge in [0, 0.05) is 12.8 Å². The van der Waals surface area contributed by atoms with Gasteiger partial charge in [0.15, 0.2) is 0 Å². The average Bonchev–Trinajstić information content (AvgIpc) is 2.31. The molecular formula is C11H10F8N2. The van der Waals surface area contributed by atoms with E-state index in [9.17, 15) is 35.1 Å². The Balaban J connectivity index is 4.70. The highest BCUT2D eigenvalue weighted by molar-refractivity contribution is 5.13. The van der Waals surface area contributed by atoms with Gasteiger partial charge in [-0.1, -0.05) is 0 Å². The van der Waals surface area contributed by atoms with Crippen molar-refractivity contribution < 1.29 is 35.1 Å². The lowest BCUT2D eigenvalue weighted by molar-refractivity contribution is -0.284. The zero-order valence-corrected chi connectivity index (χ0v) is 10.5. The summed E-state index contributed by atoms with van der Waals surface area (Å²) in [6, 6.07) is 2.55. The van der Waals surface area contributed by atoms with Gasteiger partial charge in [-0.05, 0) is 19.3 Å². The monoisotopic (exact) mass is 322 g/mol. The maximum Gasteiger partial charge on any atom is 0.453 e. The van der Waals surface area contributed by atoms with Gasteiger partial charge < -0.3 is 0 Å². The first-order valence-electron chi connectivity index (χ1n) is 5.62. The van der Waals surface area contributed by atoms with Gasteiger partial charge >= 0.3 is 18.3 Å². The predicted molar refractivity (Wildman–Crippen MR) is 53.8 cm³/mol. The largest absolute Gasteiger partial charge is 0.453 e. The van der Waals surface area contributed by atoms with Gasteiger partial charge in [0.1, 0.15) is 5.41 Å². The van der Waals surface area contributed by atoms with Crippen molar-refractivity contribution >= 4 is 0 Å². The van der Waals surface area contributed by atoms with E-state index in [1.54, 1.807) is 0 Å². The molecule has 0 aromatic heterocycles. The zero-order chi connectivity index (χ0) is 16.9. The second-order valence-corrected chi connectivity index (χ2v) is 4.48. The Labute approximate surface area is 114 Å². The molecule has 0 saturated carbocycles. The molecule has 0 radical (unpaired) electrons. The first-order valence-corrected chi connectivity index (χ1v) is 5.62. The molecule has 0 aliphatic rings.